The molecule has 1 aliphatic rings. The van der Waals surface area contributed by atoms with E-state index in [2.05, 4.69) is 16.3 Å². The average Bonchev–Trinajstić information content (AvgIpc) is 2.94. The first-order chi connectivity index (χ1) is 11.5. The van der Waals surface area contributed by atoms with Crippen molar-refractivity contribution in [2.45, 2.75) is 12.8 Å². The summed E-state index contributed by atoms with van der Waals surface area (Å²) in [5.74, 6) is 0.146. The number of nitrogens with one attached hydrogen (secondary N) is 1. The molecule has 2 heterocycles. The number of ether oxygens (including phenoxy) is 3. The Morgan fingerprint density at radius 1 is 1.33 bits per heavy atom. The van der Waals surface area contributed by atoms with Crippen LogP contribution in [0.4, 0.5) is 0 Å². The van der Waals surface area contributed by atoms with Crippen molar-refractivity contribution in [1.82, 2.24) is 10.2 Å². The number of aromatic nitrogens is 2. The zero-order valence-electron chi connectivity index (χ0n) is 13.4. The van der Waals surface area contributed by atoms with Crippen LogP contribution < -0.4 is 19.9 Å². The van der Waals surface area contributed by atoms with E-state index in [1.807, 2.05) is 6.92 Å². The maximum absolute atomic E-state index is 10.1. The van der Waals surface area contributed by atoms with Gasteiger partial charge in [0, 0.05) is 11.3 Å². The molecule has 1 unspecified atom stereocenters. The Morgan fingerprint density at radius 2 is 1.96 bits per heavy atom. The molecule has 0 saturated heterocycles. The number of rotatable bonds is 3. The minimum atomic E-state index is -0.513. The lowest BCUT2D eigenvalue weighted by molar-refractivity contribution is 0.338. The first kappa shape index (κ1) is 15.6. The highest BCUT2D eigenvalue weighted by molar-refractivity contribution is 5.60. The van der Waals surface area contributed by atoms with E-state index in [0.29, 0.717) is 17.0 Å². The van der Waals surface area contributed by atoms with Crippen LogP contribution in [0.25, 0.3) is 0 Å². The van der Waals surface area contributed by atoms with Gasteiger partial charge in [0.25, 0.3) is 0 Å². The minimum absolute atomic E-state index is 0.00694. The normalized spacial score (nSPS) is 16.2. The van der Waals surface area contributed by atoms with Crippen molar-refractivity contribution < 1.29 is 19.3 Å². The summed E-state index contributed by atoms with van der Waals surface area (Å²) in [6, 6.07) is 5.36. The topological polar surface area (TPSA) is 126 Å². The number of allylic oxidation sites excluding steroid dienone is 1. The number of methoxy groups -OCH3 is 2. The number of nitriles is 1. The van der Waals surface area contributed by atoms with Crippen LogP contribution >= 0.6 is 0 Å². The quantitative estimate of drug-likeness (QED) is 0.782. The van der Waals surface area contributed by atoms with Crippen molar-refractivity contribution >= 4 is 0 Å². The maximum atomic E-state index is 10.1. The Hall–Kier alpha value is -3.34. The minimum Gasteiger partial charge on any atom is -0.502 e. The van der Waals surface area contributed by atoms with E-state index in [4.69, 9.17) is 19.9 Å². The Morgan fingerprint density at radius 3 is 2.50 bits per heavy atom. The van der Waals surface area contributed by atoms with E-state index in [1.165, 1.54) is 14.2 Å². The van der Waals surface area contributed by atoms with Crippen molar-refractivity contribution in [2.75, 3.05) is 14.2 Å². The summed E-state index contributed by atoms with van der Waals surface area (Å²) in [7, 11) is 2.87. The molecule has 2 aromatic rings. The van der Waals surface area contributed by atoms with Crippen LogP contribution in [0.5, 0.6) is 23.1 Å². The van der Waals surface area contributed by atoms with Crippen LogP contribution in [-0.4, -0.2) is 29.5 Å². The molecular formula is C16H16N4O4. The van der Waals surface area contributed by atoms with Gasteiger partial charge in [-0.3, -0.25) is 5.10 Å². The number of fused-ring (bicyclic) bond motifs is 1. The highest BCUT2D eigenvalue weighted by Gasteiger charge is 2.35. The number of hydrogen-bond acceptors (Lipinski definition) is 7. The summed E-state index contributed by atoms with van der Waals surface area (Å²) in [6.45, 7) is 1.83. The van der Waals surface area contributed by atoms with Gasteiger partial charge in [-0.05, 0) is 24.6 Å². The first-order valence-electron chi connectivity index (χ1n) is 7.09. The molecule has 0 saturated carbocycles. The number of aromatic amines is 1. The molecule has 1 aliphatic heterocycles. The number of nitrogens with zero attached hydrogens (tertiary/aromatic N) is 2. The Kier molecular flexibility index (Phi) is 3.69. The van der Waals surface area contributed by atoms with Gasteiger partial charge in [0.1, 0.15) is 11.6 Å². The summed E-state index contributed by atoms with van der Waals surface area (Å²) in [5.41, 5.74) is 8.25. The van der Waals surface area contributed by atoms with Gasteiger partial charge in [-0.1, -0.05) is 0 Å². The van der Waals surface area contributed by atoms with Crippen LogP contribution in [0, 0.1) is 18.3 Å². The highest BCUT2D eigenvalue weighted by Crippen LogP contribution is 2.46. The largest absolute Gasteiger partial charge is 0.502 e. The molecule has 0 bridgehead atoms. The third-order valence-electron chi connectivity index (χ3n) is 3.96. The fourth-order valence-electron chi connectivity index (χ4n) is 2.81. The van der Waals surface area contributed by atoms with Crippen LogP contribution in [-0.2, 0) is 0 Å². The maximum Gasteiger partial charge on any atom is 0.244 e. The summed E-state index contributed by atoms with van der Waals surface area (Å²) in [4.78, 5) is 0. The van der Waals surface area contributed by atoms with Crippen LogP contribution in [0.2, 0.25) is 0 Å². The molecule has 0 amide bonds. The lowest BCUT2D eigenvalue weighted by Gasteiger charge is -2.24. The molecule has 8 heteroatoms. The molecule has 0 aliphatic carbocycles. The number of nitrogens with two attached hydrogens (primary N) is 1. The molecule has 24 heavy (non-hydrogen) atoms. The van der Waals surface area contributed by atoms with Gasteiger partial charge in [0.2, 0.25) is 17.5 Å². The molecule has 124 valence electrons. The zero-order chi connectivity index (χ0) is 17.4. The molecule has 1 aromatic heterocycles. The molecule has 0 fully saturated rings. The monoisotopic (exact) mass is 328 g/mol. The highest BCUT2D eigenvalue weighted by atomic mass is 16.5. The lowest BCUT2D eigenvalue weighted by Crippen LogP contribution is -2.21. The molecule has 1 aromatic carbocycles. The lowest BCUT2D eigenvalue weighted by atomic mass is 9.84. The van der Waals surface area contributed by atoms with Gasteiger partial charge in [0.15, 0.2) is 11.5 Å². The second-order valence-electron chi connectivity index (χ2n) is 5.27. The number of phenolic OH excluding ortho intramolecular Hbond substituents is 1. The summed E-state index contributed by atoms with van der Waals surface area (Å²) in [6.07, 6.45) is 0. The van der Waals surface area contributed by atoms with Gasteiger partial charge in [-0.25, -0.2) is 0 Å². The van der Waals surface area contributed by atoms with E-state index in [1.54, 1.807) is 12.1 Å². The molecule has 4 N–H and O–H groups in total. The van der Waals surface area contributed by atoms with Crippen LogP contribution in [0.3, 0.4) is 0 Å². The van der Waals surface area contributed by atoms with Gasteiger partial charge in [0.05, 0.1) is 20.1 Å². The second-order valence-corrected chi connectivity index (χ2v) is 5.27. The molecule has 0 radical (unpaired) electrons. The van der Waals surface area contributed by atoms with Crippen molar-refractivity contribution in [3.8, 4) is 29.2 Å². The molecular weight excluding hydrogens is 312 g/mol. The van der Waals surface area contributed by atoms with Crippen LogP contribution in [0.15, 0.2) is 23.6 Å². The van der Waals surface area contributed by atoms with Crippen molar-refractivity contribution in [1.29, 1.82) is 5.26 Å². The Balaban J connectivity index is 2.28. The average molecular weight is 328 g/mol. The zero-order valence-corrected chi connectivity index (χ0v) is 13.4. The van der Waals surface area contributed by atoms with Gasteiger partial charge < -0.3 is 25.1 Å². The predicted molar refractivity (Wildman–Crippen MR) is 83.8 cm³/mol. The van der Waals surface area contributed by atoms with E-state index < -0.39 is 5.92 Å². The van der Waals surface area contributed by atoms with Crippen molar-refractivity contribution in [3.63, 3.8) is 0 Å². The molecule has 3 rings (SSSR count). The summed E-state index contributed by atoms with van der Waals surface area (Å²) in [5, 5.41) is 26.6. The van der Waals surface area contributed by atoms with Crippen molar-refractivity contribution in [3.05, 3.63) is 40.4 Å². The number of hydrogen-bond donors (Lipinski definition) is 3. The second kappa shape index (κ2) is 5.70. The predicted octanol–water partition coefficient (Wildman–Crippen LogP) is 1.66. The van der Waals surface area contributed by atoms with Crippen molar-refractivity contribution in [2.24, 2.45) is 5.73 Å². The van der Waals surface area contributed by atoms with Gasteiger partial charge >= 0.3 is 0 Å². The van der Waals surface area contributed by atoms with Gasteiger partial charge in [-0.15, -0.1) is 5.10 Å². The first-order valence-corrected chi connectivity index (χ1v) is 7.09. The number of aryl methyl sites for hydroxylation is 1. The molecule has 0 spiro atoms. The SMILES string of the molecule is COc1cc(C2C(C#N)=C(N)Oc3n[nH]c(C)c32)cc(OC)c1O. The fourth-order valence-corrected chi connectivity index (χ4v) is 2.81. The van der Waals surface area contributed by atoms with E-state index in [0.717, 1.165) is 5.69 Å². The standard InChI is InChI=1S/C16H16N4O4/c1-7-12-13(9(6-17)15(18)24-16(12)20-19-7)8-4-10(22-2)14(21)11(5-8)23-3/h4-5,13,21H,18H2,1-3H3,(H,19,20). The third-order valence-corrected chi connectivity index (χ3v) is 3.96. The smallest absolute Gasteiger partial charge is 0.244 e. The molecule has 1 atom stereocenters. The summed E-state index contributed by atoms with van der Waals surface area (Å²) < 4.78 is 15.8. The Labute approximate surface area is 138 Å². The number of aromatic hydroxyl groups is 1. The van der Waals surface area contributed by atoms with E-state index >= 15 is 0 Å². The number of phenols is 1. The van der Waals surface area contributed by atoms with E-state index in [9.17, 15) is 10.4 Å². The number of benzene rings is 1. The third kappa shape index (κ3) is 2.18. The number of H-pyrrole nitrogens is 1. The van der Waals surface area contributed by atoms with Crippen LogP contribution in [0.1, 0.15) is 22.7 Å². The summed E-state index contributed by atoms with van der Waals surface area (Å²) >= 11 is 0. The fraction of sp³-hybridized carbons (Fsp3) is 0.250. The molecule has 8 nitrogen and oxygen atoms in total. The van der Waals surface area contributed by atoms with E-state index in [-0.39, 0.29) is 28.7 Å². The Bertz CT molecular complexity index is 854. The van der Waals surface area contributed by atoms with Gasteiger partial charge in [-0.2, -0.15) is 5.26 Å².